The number of hydrogen-bond donors (Lipinski definition) is 22. The van der Waals surface area contributed by atoms with Crippen molar-refractivity contribution in [3.63, 3.8) is 0 Å². The number of fused-ring (bicyclic) bond motifs is 22. The molecular weight excluding hydrogens is 1790 g/mol. The average molecular weight is 1890 g/mol. The number of aliphatic carboxylic acids is 6. The van der Waals surface area contributed by atoms with Gasteiger partial charge in [0.2, 0.25) is 0 Å². The highest BCUT2D eigenvalue weighted by Crippen LogP contribution is 2.32. The van der Waals surface area contributed by atoms with Gasteiger partial charge in [-0.3, -0.25) is 57.5 Å². The number of hydrogen-bond acceptors (Lipinski definition) is 26. The highest BCUT2D eigenvalue weighted by atomic mass is 16.5. The Morgan fingerprint density at radius 1 is 0.250 bits per heavy atom. The Morgan fingerprint density at radius 3 is 0.625 bits per heavy atom. The van der Waals surface area contributed by atoms with Gasteiger partial charge in [0.1, 0.15) is 11.1 Å². The Bertz CT molecular complexity index is 5220. The standard InChI is InChI=1S/C92H100N12O32/c105-71(106)1-7-131-43-91(44-132-8-2-72(107)108,45-133-9-3-73(109)110)103-85(121)65-27-61-25-62(28-65)82(118)98-36-54-16-56-24-60(22-54)58-19-51-14-52(20-58)34-96-42-70-80(90(129)130)78(88(125)126)68(102-70)40-94-32-50-13-49(31-93-39-67-77(87(123)124)79(89(127)128)69(101-67)41-95-33-51)17-57(18-50)59-21-53(35-97-81(61)117)15-55(23-59)37-99-83(119)63-26-64(84(120)100-38-56)30-66(29-63)86(122)104-92(46-134-10-4-74(111)112,47-135-11-5-75(113)114)48-136-12-6-76(115)116/h13-30,93-96,101-102H,1-12,31-48H2,(H,97,117)(H,98,118)(H,99,119)(H,100,120)(H,103,121)(H,104,122)(H,105,106)(H,107,108)(H,109,110)(H,111,112)(H,113,114)(H,115,116)(H,123,124)(H,125,126)(H,127,128)(H,129,130). The molecule has 11 rings (SSSR count). The molecule has 0 atom stereocenters. The van der Waals surface area contributed by atoms with Crippen molar-refractivity contribution in [3.05, 3.63) is 232 Å². The summed E-state index contributed by atoms with van der Waals surface area (Å²) in [5, 5.41) is 130. The molecule has 3 aliphatic rings. The van der Waals surface area contributed by atoms with Crippen LogP contribution in [0, 0.1) is 0 Å². The van der Waals surface area contributed by atoms with Crippen LogP contribution in [0.4, 0.5) is 0 Å². The van der Waals surface area contributed by atoms with Crippen molar-refractivity contribution in [2.75, 3.05) is 79.3 Å². The molecule has 0 saturated carbocycles. The molecule has 44 heteroatoms. The highest BCUT2D eigenvalue weighted by molar-refractivity contribution is 6.08. The van der Waals surface area contributed by atoms with Crippen molar-refractivity contribution in [3.8, 4) is 22.3 Å². The number of aromatic amines is 2. The molecule has 0 aliphatic carbocycles. The van der Waals surface area contributed by atoms with Gasteiger partial charge in [-0.25, -0.2) is 19.2 Å². The van der Waals surface area contributed by atoms with E-state index in [-0.39, 0.29) is 120 Å². The molecule has 6 aromatic carbocycles. The maximum absolute atomic E-state index is 15.3. The molecule has 0 spiro atoms. The van der Waals surface area contributed by atoms with E-state index in [1.165, 1.54) is 12.1 Å². The summed E-state index contributed by atoms with van der Waals surface area (Å²) in [6.07, 6.45) is -3.25. The lowest BCUT2D eigenvalue weighted by molar-refractivity contribution is -0.141. The fourth-order valence-corrected chi connectivity index (χ4v) is 15.4. The second-order valence-electron chi connectivity index (χ2n) is 32.4. The van der Waals surface area contributed by atoms with Gasteiger partial charge in [-0.1, -0.05) is 24.3 Å². The largest absolute Gasteiger partial charge is 0.481 e. The molecule has 0 unspecified atom stereocenters. The van der Waals surface area contributed by atoms with Crippen LogP contribution in [0.1, 0.15) is 209 Å². The van der Waals surface area contributed by atoms with Gasteiger partial charge < -0.3 is 143 Å². The second-order valence-corrected chi connectivity index (χ2v) is 32.4. The maximum atomic E-state index is 15.3. The van der Waals surface area contributed by atoms with Crippen LogP contribution in [-0.2, 0) is 136 Å². The monoisotopic (exact) mass is 1880 g/mol. The third-order valence-corrected chi connectivity index (χ3v) is 21.6. The van der Waals surface area contributed by atoms with Crippen molar-refractivity contribution in [1.82, 2.24) is 63.1 Å². The number of amides is 6. The molecule has 136 heavy (non-hydrogen) atoms. The number of carboxylic acids is 10. The minimum absolute atomic E-state index is 0.0221. The van der Waals surface area contributed by atoms with Crippen LogP contribution in [0.2, 0.25) is 0 Å². The number of carbonyl (C=O) groups is 16. The van der Waals surface area contributed by atoms with Crippen molar-refractivity contribution < 1.29 is 156 Å². The van der Waals surface area contributed by atoms with Crippen molar-refractivity contribution in [2.45, 2.75) is 128 Å². The first-order chi connectivity index (χ1) is 65.0. The van der Waals surface area contributed by atoms with E-state index in [4.69, 9.17) is 28.4 Å². The summed E-state index contributed by atoms with van der Waals surface area (Å²) in [4.78, 5) is 221. The summed E-state index contributed by atoms with van der Waals surface area (Å²) in [5.41, 5.74) is -3.88. The van der Waals surface area contributed by atoms with Gasteiger partial charge in [-0.15, -0.1) is 0 Å². The minimum atomic E-state index is -1.90. The Morgan fingerprint density at radius 2 is 0.441 bits per heavy atom. The molecule has 2 aromatic heterocycles. The summed E-state index contributed by atoms with van der Waals surface area (Å²) in [6, 6.07) is 26.8. The fraction of sp³-hybridized carbons (Fsp3) is 0.348. The lowest BCUT2D eigenvalue weighted by Crippen LogP contribution is -2.58. The lowest BCUT2D eigenvalue weighted by Gasteiger charge is -2.34. The van der Waals surface area contributed by atoms with Gasteiger partial charge in [0.25, 0.3) is 35.4 Å². The lowest BCUT2D eigenvalue weighted by atomic mass is 9.95. The van der Waals surface area contributed by atoms with Gasteiger partial charge in [-0.05, 0) is 152 Å². The highest BCUT2D eigenvalue weighted by Gasteiger charge is 2.38. The zero-order valence-corrected chi connectivity index (χ0v) is 73.1. The molecule has 6 amide bonds. The number of benzene rings is 6. The van der Waals surface area contributed by atoms with Crippen molar-refractivity contribution in [1.29, 1.82) is 0 Å². The third kappa shape index (κ3) is 29.0. The van der Waals surface area contributed by atoms with Gasteiger partial charge in [-0.2, -0.15) is 0 Å². The smallest absolute Gasteiger partial charge is 0.338 e. The number of carboxylic acid groups (broad SMARTS) is 10. The van der Waals surface area contributed by atoms with E-state index >= 15 is 28.8 Å². The van der Waals surface area contributed by atoms with Gasteiger partial charge >= 0.3 is 59.7 Å². The summed E-state index contributed by atoms with van der Waals surface area (Å²) < 4.78 is 34.6. The Balaban J connectivity index is 1.13. The molecule has 720 valence electrons. The molecule has 22 N–H and O–H groups in total. The van der Waals surface area contributed by atoms with Crippen LogP contribution >= 0.6 is 0 Å². The quantitative estimate of drug-likeness (QED) is 0.0241. The Labute approximate surface area is 772 Å². The minimum Gasteiger partial charge on any atom is -0.481 e. The van der Waals surface area contributed by atoms with E-state index < -0.39 is 284 Å². The van der Waals surface area contributed by atoms with Gasteiger partial charge in [0.15, 0.2) is 0 Å². The predicted molar refractivity (Wildman–Crippen MR) is 472 cm³/mol. The van der Waals surface area contributed by atoms with E-state index in [1.807, 2.05) is 0 Å². The van der Waals surface area contributed by atoms with Crippen LogP contribution in [-0.4, -0.2) is 247 Å². The zero-order chi connectivity index (χ0) is 97.9. The van der Waals surface area contributed by atoms with Crippen LogP contribution in [0.3, 0.4) is 0 Å². The zero-order valence-electron chi connectivity index (χ0n) is 73.1. The fourth-order valence-electron chi connectivity index (χ4n) is 15.4. The summed E-state index contributed by atoms with van der Waals surface area (Å²) in [6.45, 7) is -9.61. The number of H-pyrrole nitrogens is 2. The number of carbonyl (C=O) groups excluding carboxylic acids is 6. The molecule has 3 aliphatic heterocycles. The van der Waals surface area contributed by atoms with E-state index in [0.717, 1.165) is 24.3 Å². The van der Waals surface area contributed by atoms with Crippen molar-refractivity contribution in [2.24, 2.45) is 0 Å². The molecule has 0 saturated heterocycles. The SMILES string of the molecule is O=C(O)CCOCC(COCCC(=O)O)(COCCC(=O)O)NC(=O)c1cc2cc(c1)C(=O)NCc1cc3cc(c1)-c1cc4cc(c1)CNCc1[nH]c(c(C(=O)O)c1C(=O)O)CNCc1cc(cc(c1)-c1cc(cc(c1)CNC(=O)c1cc(cc(C(=O)NC(COCCC(=O)O)(COCCC(=O)O)COCCC(=O)O)c1)C(=O)NC3)CNC2=O)CNCc1[nH]c(c(C(=O)O)c1C(=O)O)CNC4. The van der Waals surface area contributed by atoms with E-state index in [1.54, 1.807) is 72.8 Å². The molecule has 44 nitrogen and oxygen atoms in total. The van der Waals surface area contributed by atoms with Crippen molar-refractivity contribution >= 4 is 95.1 Å². The van der Waals surface area contributed by atoms with E-state index in [9.17, 15) is 99.0 Å². The normalized spacial score (nSPS) is 13.9. The number of ether oxygens (including phenoxy) is 6. The maximum Gasteiger partial charge on any atom is 0.338 e. The topological polar surface area (TPSA) is 683 Å². The number of aromatic carboxylic acids is 4. The summed E-state index contributed by atoms with van der Waals surface area (Å²) >= 11 is 0. The molecule has 0 fully saturated rings. The summed E-state index contributed by atoms with van der Waals surface area (Å²) in [5.74, 6) is -19.7. The van der Waals surface area contributed by atoms with E-state index in [2.05, 4.69) is 63.1 Å². The van der Waals surface area contributed by atoms with Crippen LogP contribution in [0.5, 0.6) is 0 Å². The Hall–Kier alpha value is -15.0. The Kier molecular flexibility index (Phi) is 35.5. The number of aromatic nitrogens is 2. The van der Waals surface area contributed by atoms with Crippen LogP contribution in [0.25, 0.3) is 22.3 Å². The molecule has 5 heterocycles. The predicted octanol–water partition coefficient (Wildman–Crippen LogP) is 4.17. The first-order valence-electron chi connectivity index (χ1n) is 42.6. The second kappa shape index (κ2) is 47.6. The molecule has 8 aromatic rings. The third-order valence-electron chi connectivity index (χ3n) is 21.6. The van der Waals surface area contributed by atoms with Crippen LogP contribution < -0.4 is 53.2 Å². The summed E-state index contributed by atoms with van der Waals surface area (Å²) in [7, 11) is 0. The van der Waals surface area contributed by atoms with Gasteiger partial charge in [0, 0.05) is 135 Å². The van der Waals surface area contributed by atoms with E-state index in [0.29, 0.717) is 44.5 Å². The number of nitrogens with one attached hydrogen (secondary N) is 12. The van der Waals surface area contributed by atoms with Gasteiger partial charge in [0.05, 0.1) is 140 Å². The average Bonchev–Trinajstić information content (AvgIpc) is 1.68. The molecule has 20 bridgehead atoms. The van der Waals surface area contributed by atoms with Crippen LogP contribution in [0.15, 0.2) is 109 Å². The first kappa shape index (κ1) is 102. The molecular formula is C92H100N12O32. The number of rotatable bonds is 38. The molecule has 0 radical (unpaired) electrons. The first-order valence-corrected chi connectivity index (χ1v) is 42.6.